The molecule has 4 rings (SSSR count). The van der Waals surface area contributed by atoms with E-state index in [9.17, 15) is 13.6 Å². The number of benzene rings is 2. The predicted octanol–water partition coefficient (Wildman–Crippen LogP) is 3.44. The SMILES string of the molecule is O=C(N[C@@H]1C[C@H]1c1cccc(F)c1)c1cncn1-c1ccc(F)cc1. The van der Waals surface area contributed by atoms with Crippen LogP contribution in [0, 0.1) is 11.6 Å². The molecule has 3 aromatic rings. The molecule has 1 amide bonds. The Hall–Kier alpha value is -3.02. The molecule has 2 atom stereocenters. The summed E-state index contributed by atoms with van der Waals surface area (Å²) in [6.45, 7) is 0. The molecule has 1 aliphatic carbocycles. The van der Waals surface area contributed by atoms with E-state index < -0.39 is 0 Å². The van der Waals surface area contributed by atoms with Crippen molar-refractivity contribution in [1.29, 1.82) is 0 Å². The molecular formula is C19H15F2N3O. The van der Waals surface area contributed by atoms with Crippen molar-refractivity contribution in [2.24, 2.45) is 0 Å². The summed E-state index contributed by atoms with van der Waals surface area (Å²) >= 11 is 0. The van der Waals surface area contributed by atoms with E-state index in [1.165, 1.54) is 36.8 Å². The number of halogens is 2. The number of carbonyl (C=O) groups is 1. The van der Waals surface area contributed by atoms with Gasteiger partial charge in [-0.1, -0.05) is 12.1 Å². The average molecular weight is 339 g/mol. The fraction of sp³-hybridized carbons (Fsp3) is 0.158. The molecule has 6 heteroatoms. The van der Waals surface area contributed by atoms with E-state index in [4.69, 9.17) is 0 Å². The van der Waals surface area contributed by atoms with E-state index in [1.54, 1.807) is 22.8 Å². The Balaban J connectivity index is 1.48. The molecule has 1 fully saturated rings. The van der Waals surface area contributed by atoms with Crippen LogP contribution in [0.3, 0.4) is 0 Å². The van der Waals surface area contributed by atoms with Crippen molar-refractivity contribution in [1.82, 2.24) is 14.9 Å². The van der Waals surface area contributed by atoms with Crippen LogP contribution in [0.25, 0.3) is 5.69 Å². The summed E-state index contributed by atoms with van der Waals surface area (Å²) in [5, 5.41) is 2.95. The smallest absolute Gasteiger partial charge is 0.270 e. The van der Waals surface area contributed by atoms with E-state index >= 15 is 0 Å². The van der Waals surface area contributed by atoms with Gasteiger partial charge in [-0.2, -0.15) is 0 Å². The lowest BCUT2D eigenvalue weighted by molar-refractivity contribution is 0.0943. The van der Waals surface area contributed by atoms with Crippen LogP contribution in [0.15, 0.2) is 61.1 Å². The summed E-state index contributed by atoms with van der Waals surface area (Å²) in [5.74, 6) is -0.748. The number of hydrogen-bond donors (Lipinski definition) is 1. The van der Waals surface area contributed by atoms with E-state index in [0.717, 1.165) is 12.0 Å². The first-order chi connectivity index (χ1) is 12.1. The van der Waals surface area contributed by atoms with Gasteiger partial charge in [0.25, 0.3) is 5.91 Å². The van der Waals surface area contributed by atoms with Crippen molar-refractivity contribution in [2.45, 2.75) is 18.4 Å². The number of imidazole rings is 1. The Labute approximate surface area is 143 Å². The van der Waals surface area contributed by atoms with Crippen molar-refractivity contribution >= 4 is 5.91 Å². The predicted molar refractivity (Wildman–Crippen MR) is 88.5 cm³/mol. The van der Waals surface area contributed by atoms with Gasteiger partial charge in [-0.25, -0.2) is 13.8 Å². The molecule has 4 nitrogen and oxygen atoms in total. The van der Waals surface area contributed by atoms with E-state index in [-0.39, 0.29) is 29.5 Å². The molecule has 1 aromatic heterocycles. The fourth-order valence-corrected chi connectivity index (χ4v) is 2.97. The van der Waals surface area contributed by atoms with Gasteiger partial charge in [0.05, 0.1) is 12.5 Å². The minimum atomic E-state index is -0.342. The van der Waals surface area contributed by atoms with Crippen LogP contribution in [0.1, 0.15) is 28.4 Å². The van der Waals surface area contributed by atoms with Gasteiger partial charge in [-0.3, -0.25) is 9.36 Å². The minimum absolute atomic E-state index is 0.0223. The number of amides is 1. The Morgan fingerprint density at radius 2 is 1.92 bits per heavy atom. The van der Waals surface area contributed by atoms with Crippen LogP contribution in [0.4, 0.5) is 8.78 Å². The number of rotatable bonds is 4. The molecule has 1 saturated carbocycles. The molecule has 0 spiro atoms. The molecule has 0 saturated heterocycles. The van der Waals surface area contributed by atoms with Crippen LogP contribution in [-0.2, 0) is 0 Å². The summed E-state index contributed by atoms with van der Waals surface area (Å²) in [6.07, 6.45) is 3.76. The maximum atomic E-state index is 13.3. The summed E-state index contributed by atoms with van der Waals surface area (Å²) in [5.41, 5.74) is 1.91. The number of nitrogens with one attached hydrogen (secondary N) is 1. The molecule has 126 valence electrons. The second kappa shape index (κ2) is 6.12. The zero-order valence-electron chi connectivity index (χ0n) is 13.2. The van der Waals surface area contributed by atoms with Crippen LogP contribution in [0.2, 0.25) is 0 Å². The Bertz CT molecular complexity index is 920. The minimum Gasteiger partial charge on any atom is -0.347 e. The van der Waals surface area contributed by atoms with Crippen LogP contribution in [-0.4, -0.2) is 21.5 Å². The van der Waals surface area contributed by atoms with Gasteiger partial charge in [0.15, 0.2) is 0 Å². The third kappa shape index (κ3) is 3.15. The standard InChI is InChI=1S/C19H15F2N3O/c20-13-4-6-15(7-5-13)24-11-22-10-18(24)19(25)23-17-9-16(17)12-2-1-3-14(21)8-12/h1-8,10-11,16-17H,9H2,(H,23,25)/t16-,17+/m0/s1. The van der Waals surface area contributed by atoms with Gasteiger partial charge in [-0.15, -0.1) is 0 Å². The first-order valence-electron chi connectivity index (χ1n) is 7.96. The van der Waals surface area contributed by atoms with Crippen molar-refractivity contribution in [3.63, 3.8) is 0 Å². The summed E-state index contributed by atoms with van der Waals surface area (Å²) in [4.78, 5) is 16.6. The highest BCUT2D eigenvalue weighted by molar-refractivity contribution is 5.93. The Morgan fingerprint density at radius 3 is 2.68 bits per heavy atom. The Morgan fingerprint density at radius 1 is 1.12 bits per heavy atom. The van der Waals surface area contributed by atoms with Crippen molar-refractivity contribution in [2.75, 3.05) is 0 Å². The Kier molecular flexibility index (Phi) is 3.80. The van der Waals surface area contributed by atoms with E-state index in [1.807, 2.05) is 6.07 Å². The lowest BCUT2D eigenvalue weighted by Gasteiger charge is -2.09. The topological polar surface area (TPSA) is 46.9 Å². The van der Waals surface area contributed by atoms with Gasteiger partial charge < -0.3 is 5.32 Å². The van der Waals surface area contributed by atoms with Crippen molar-refractivity contribution < 1.29 is 13.6 Å². The lowest BCUT2D eigenvalue weighted by Crippen LogP contribution is -2.28. The second-order valence-electron chi connectivity index (χ2n) is 6.10. The average Bonchev–Trinajstić information content (AvgIpc) is 3.18. The molecule has 1 N–H and O–H groups in total. The number of aromatic nitrogens is 2. The normalized spacial score (nSPS) is 18.8. The van der Waals surface area contributed by atoms with Gasteiger partial charge in [0, 0.05) is 17.6 Å². The zero-order chi connectivity index (χ0) is 17.4. The first-order valence-corrected chi connectivity index (χ1v) is 7.96. The summed E-state index contributed by atoms with van der Waals surface area (Å²) < 4.78 is 28.0. The van der Waals surface area contributed by atoms with Crippen LogP contribution in [0.5, 0.6) is 0 Å². The monoisotopic (exact) mass is 339 g/mol. The zero-order valence-corrected chi connectivity index (χ0v) is 13.2. The largest absolute Gasteiger partial charge is 0.347 e. The summed E-state index contributed by atoms with van der Waals surface area (Å²) in [7, 11) is 0. The number of carbonyl (C=O) groups excluding carboxylic acids is 1. The third-order valence-corrected chi connectivity index (χ3v) is 4.36. The molecule has 1 aliphatic rings. The van der Waals surface area contributed by atoms with Gasteiger partial charge in [0.2, 0.25) is 0 Å². The molecular weight excluding hydrogens is 324 g/mol. The summed E-state index contributed by atoms with van der Waals surface area (Å²) in [6, 6.07) is 12.2. The van der Waals surface area contributed by atoms with E-state index in [2.05, 4.69) is 10.3 Å². The van der Waals surface area contributed by atoms with Crippen molar-refractivity contribution in [3.8, 4) is 5.69 Å². The molecule has 0 bridgehead atoms. The van der Waals surface area contributed by atoms with Gasteiger partial charge >= 0.3 is 0 Å². The molecule has 25 heavy (non-hydrogen) atoms. The fourth-order valence-electron chi connectivity index (χ4n) is 2.97. The highest BCUT2D eigenvalue weighted by atomic mass is 19.1. The molecule has 0 aliphatic heterocycles. The maximum Gasteiger partial charge on any atom is 0.270 e. The quantitative estimate of drug-likeness (QED) is 0.791. The van der Waals surface area contributed by atoms with Crippen LogP contribution >= 0.6 is 0 Å². The highest BCUT2D eigenvalue weighted by Crippen LogP contribution is 2.41. The van der Waals surface area contributed by atoms with Gasteiger partial charge in [0.1, 0.15) is 17.3 Å². The molecule has 2 aromatic carbocycles. The molecule has 0 radical (unpaired) electrons. The molecule has 0 unspecified atom stereocenters. The lowest BCUT2D eigenvalue weighted by atomic mass is 10.1. The van der Waals surface area contributed by atoms with Crippen LogP contribution < -0.4 is 5.32 Å². The third-order valence-electron chi connectivity index (χ3n) is 4.36. The van der Waals surface area contributed by atoms with Crippen molar-refractivity contribution in [3.05, 3.63) is 83.9 Å². The highest BCUT2D eigenvalue weighted by Gasteiger charge is 2.40. The van der Waals surface area contributed by atoms with Gasteiger partial charge in [-0.05, 0) is 48.4 Å². The maximum absolute atomic E-state index is 13.3. The first kappa shape index (κ1) is 15.5. The van der Waals surface area contributed by atoms with E-state index in [0.29, 0.717) is 11.4 Å². The number of nitrogens with zero attached hydrogens (tertiary/aromatic N) is 2. The number of hydrogen-bond acceptors (Lipinski definition) is 2. The second-order valence-corrected chi connectivity index (χ2v) is 6.10. The molecule has 1 heterocycles.